The quantitative estimate of drug-likeness (QED) is 0.899. The monoisotopic (exact) mass is 311 g/mol. The van der Waals surface area contributed by atoms with Gasteiger partial charge in [0.05, 0.1) is 10.7 Å². The molecule has 0 spiro atoms. The van der Waals surface area contributed by atoms with Crippen molar-refractivity contribution in [2.24, 2.45) is 0 Å². The van der Waals surface area contributed by atoms with Crippen molar-refractivity contribution < 1.29 is 4.79 Å². The first-order chi connectivity index (χ1) is 9.51. The van der Waals surface area contributed by atoms with E-state index >= 15 is 0 Å². The number of nitrogens with one attached hydrogen (secondary N) is 2. The molecule has 0 aliphatic rings. The van der Waals surface area contributed by atoms with Crippen LogP contribution in [0.5, 0.6) is 0 Å². The Balaban J connectivity index is 2.22. The summed E-state index contributed by atoms with van der Waals surface area (Å²) < 4.78 is 0. The van der Waals surface area contributed by atoms with Gasteiger partial charge in [-0.05, 0) is 37.6 Å². The zero-order valence-corrected chi connectivity index (χ0v) is 12.7. The van der Waals surface area contributed by atoms with Crippen LogP contribution in [0.3, 0.4) is 0 Å². The second-order valence-corrected chi connectivity index (χ2v) is 5.42. The maximum absolute atomic E-state index is 12.0. The standard InChI is InChI=1S/C14H15Cl2N3O/c1-3-8(2)17-14(20)13-7-12(18-19-13)10-5-4-9(15)6-11(10)16/h4-8H,3H2,1-2H3,(H,17,20)(H,18,19). The topological polar surface area (TPSA) is 57.8 Å². The Bertz CT molecular complexity index is 625. The molecule has 2 aromatic rings. The summed E-state index contributed by atoms with van der Waals surface area (Å²) in [5, 5.41) is 10.8. The normalized spacial score (nSPS) is 12.2. The van der Waals surface area contributed by atoms with Crippen molar-refractivity contribution in [3.63, 3.8) is 0 Å². The van der Waals surface area contributed by atoms with Crippen LogP contribution in [0.2, 0.25) is 10.0 Å². The van der Waals surface area contributed by atoms with E-state index in [1.54, 1.807) is 24.3 Å². The Kier molecular flexibility index (Phi) is 4.68. The number of amides is 1. The molecule has 2 rings (SSSR count). The molecule has 0 saturated carbocycles. The highest BCUT2D eigenvalue weighted by Crippen LogP contribution is 2.29. The van der Waals surface area contributed by atoms with Crippen molar-refractivity contribution in [3.05, 3.63) is 40.0 Å². The van der Waals surface area contributed by atoms with Gasteiger partial charge >= 0.3 is 0 Å². The van der Waals surface area contributed by atoms with Gasteiger partial charge in [0.1, 0.15) is 5.69 Å². The van der Waals surface area contributed by atoms with Crippen LogP contribution in [0.1, 0.15) is 30.8 Å². The number of halogens is 2. The van der Waals surface area contributed by atoms with Crippen LogP contribution in [-0.2, 0) is 0 Å². The maximum atomic E-state index is 12.0. The van der Waals surface area contributed by atoms with Crippen LogP contribution in [0.15, 0.2) is 24.3 Å². The van der Waals surface area contributed by atoms with Crippen molar-refractivity contribution >= 4 is 29.1 Å². The van der Waals surface area contributed by atoms with E-state index in [2.05, 4.69) is 15.5 Å². The third kappa shape index (κ3) is 3.32. The van der Waals surface area contributed by atoms with E-state index in [-0.39, 0.29) is 11.9 Å². The predicted octanol–water partition coefficient (Wildman–Crippen LogP) is 3.91. The molecule has 6 heteroatoms. The molecule has 106 valence electrons. The molecule has 0 fully saturated rings. The fraction of sp³-hybridized carbons (Fsp3) is 0.286. The smallest absolute Gasteiger partial charge is 0.269 e. The number of nitrogens with zero attached hydrogens (tertiary/aromatic N) is 1. The zero-order chi connectivity index (χ0) is 14.7. The lowest BCUT2D eigenvalue weighted by atomic mass is 10.1. The second kappa shape index (κ2) is 6.29. The van der Waals surface area contributed by atoms with Crippen LogP contribution < -0.4 is 5.32 Å². The van der Waals surface area contributed by atoms with E-state index in [1.165, 1.54) is 0 Å². The van der Waals surface area contributed by atoms with Gasteiger partial charge in [-0.3, -0.25) is 9.89 Å². The first-order valence-corrected chi connectivity index (χ1v) is 7.08. The Morgan fingerprint density at radius 1 is 1.40 bits per heavy atom. The van der Waals surface area contributed by atoms with Crippen molar-refractivity contribution in [2.45, 2.75) is 26.3 Å². The van der Waals surface area contributed by atoms with Gasteiger partial charge in [-0.15, -0.1) is 0 Å². The minimum Gasteiger partial charge on any atom is -0.348 e. The van der Waals surface area contributed by atoms with Gasteiger partial charge in [-0.25, -0.2) is 0 Å². The Morgan fingerprint density at radius 3 is 2.80 bits per heavy atom. The predicted molar refractivity (Wildman–Crippen MR) is 81.3 cm³/mol. The van der Waals surface area contributed by atoms with E-state index in [0.717, 1.165) is 12.0 Å². The average molecular weight is 312 g/mol. The number of aromatic amines is 1. The molecule has 1 heterocycles. The van der Waals surface area contributed by atoms with Crippen molar-refractivity contribution in [3.8, 4) is 11.3 Å². The summed E-state index contributed by atoms with van der Waals surface area (Å²) in [5.74, 6) is -0.178. The fourth-order valence-electron chi connectivity index (χ4n) is 1.68. The van der Waals surface area contributed by atoms with Crippen LogP contribution in [0.4, 0.5) is 0 Å². The molecule has 1 aromatic carbocycles. The average Bonchev–Trinajstić information content (AvgIpc) is 2.88. The number of carbonyl (C=O) groups is 1. The number of rotatable bonds is 4. The first-order valence-electron chi connectivity index (χ1n) is 6.33. The molecule has 0 aliphatic heterocycles. The summed E-state index contributed by atoms with van der Waals surface area (Å²) >= 11 is 12.0. The lowest BCUT2D eigenvalue weighted by Gasteiger charge is -2.09. The van der Waals surface area contributed by atoms with Crippen molar-refractivity contribution in [1.82, 2.24) is 15.5 Å². The molecular weight excluding hydrogens is 297 g/mol. The summed E-state index contributed by atoms with van der Waals surface area (Å²) in [7, 11) is 0. The van der Waals surface area contributed by atoms with Gasteiger partial charge in [-0.1, -0.05) is 30.1 Å². The largest absolute Gasteiger partial charge is 0.348 e. The third-order valence-electron chi connectivity index (χ3n) is 3.02. The van der Waals surface area contributed by atoms with Gasteiger partial charge in [0, 0.05) is 16.6 Å². The number of benzene rings is 1. The summed E-state index contributed by atoms with van der Waals surface area (Å²) in [6.07, 6.45) is 0.871. The van der Waals surface area contributed by atoms with E-state index in [0.29, 0.717) is 21.4 Å². The maximum Gasteiger partial charge on any atom is 0.269 e. The Hall–Kier alpha value is -1.52. The molecule has 1 amide bonds. The fourth-order valence-corrected chi connectivity index (χ4v) is 2.18. The molecule has 0 radical (unpaired) electrons. The Morgan fingerprint density at radius 2 is 2.15 bits per heavy atom. The van der Waals surface area contributed by atoms with Gasteiger partial charge < -0.3 is 5.32 Å². The molecule has 0 aliphatic carbocycles. The van der Waals surface area contributed by atoms with E-state index in [1.807, 2.05) is 13.8 Å². The lowest BCUT2D eigenvalue weighted by molar-refractivity contribution is 0.0934. The van der Waals surface area contributed by atoms with E-state index in [4.69, 9.17) is 23.2 Å². The third-order valence-corrected chi connectivity index (χ3v) is 3.57. The zero-order valence-electron chi connectivity index (χ0n) is 11.2. The molecular formula is C14H15Cl2N3O. The van der Waals surface area contributed by atoms with Gasteiger partial charge in [0.2, 0.25) is 0 Å². The number of H-pyrrole nitrogens is 1. The highest BCUT2D eigenvalue weighted by atomic mass is 35.5. The van der Waals surface area contributed by atoms with Crippen molar-refractivity contribution in [2.75, 3.05) is 0 Å². The SMILES string of the molecule is CCC(C)NC(=O)c1cc(-c2ccc(Cl)cc2Cl)n[nH]1. The highest BCUT2D eigenvalue weighted by Gasteiger charge is 2.14. The lowest BCUT2D eigenvalue weighted by Crippen LogP contribution is -2.32. The number of hydrogen-bond acceptors (Lipinski definition) is 2. The van der Waals surface area contributed by atoms with Gasteiger partial charge in [-0.2, -0.15) is 5.10 Å². The molecule has 1 aromatic heterocycles. The van der Waals surface area contributed by atoms with Crippen molar-refractivity contribution in [1.29, 1.82) is 0 Å². The molecule has 4 nitrogen and oxygen atoms in total. The number of carbonyl (C=O) groups excluding carboxylic acids is 1. The van der Waals surface area contributed by atoms with Crippen LogP contribution >= 0.6 is 23.2 Å². The molecule has 1 atom stereocenters. The van der Waals surface area contributed by atoms with E-state index in [9.17, 15) is 4.79 Å². The molecule has 0 saturated heterocycles. The van der Waals surface area contributed by atoms with Crippen LogP contribution in [0, 0.1) is 0 Å². The summed E-state index contributed by atoms with van der Waals surface area (Å²) in [4.78, 5) is 12.0. The molecule has 2 N–H and O–H groups in total. The van der Waals surface area contributed by atoms with Crippen LogP contribution in [0.25, 0.3) is 11.3 Å². The second-order valence-electron chi connectivity index (χ2n) is 4.57. The Labute approximate surface area is 127 Å². The minimum absolute atomic E-state index is 0.119. The molecule has 1 unspecified atom stereocenters. The number of hydrogen-bond donors (Lipinski definition) is 2. The minimum atomic E-state index is -0.178. The first kappa shape index (κ1) is 14.9. The summed E-state index contributed by atoms with van der Waals surface area (Å²) in [6, 6.07) is 6.94. The van der Waals surface area contributed by atoms with E-state index < -0.39 is 0 Å². The van der Waals surface area contributed by atoms with Gasteiger partial charge in [0.25, 0.3) is 5.91 Å². The number of aromatic nitrogens is 2. The summed E-state index contributed by atoms with van der Waals surface area (Å²) in [6.45, 7) is 3.96. The highest BCUT2D eigenvalue weighted by molar-refractivity contribution is 6.36. The summed E-state index contributed by atoms with van der Waals surface area (Å²) in [5.41, 5.74) is 1.75. The molecule has 0 bridgehead atoms. The van der Waals surface area contributed by atoms with Gasteiger partial charge in [0.15, 0.2) is 0 Å². The molecule has 20 heavy (non-hydrogen) atoms. The van der Waals surface area contributed by atoms with Crippen LogP contribution in [-0.4, -0.2) is 22.1 Å².